The maximum Gasteiger partial charge on any atom is 0.318 e. The van der Waals surface area contributed by atoms with Gasteiger partial charge in [-0.2, -0.15) is 0 Å². The Morgan fingerprint density at radius 3 is 2.60 bits per heavy atom. The zero-order valence-electron chi connectivity index (χ0n) is 13.3. The molecule has 4 nitrogen and oxygen atoms in total. The van der Waals surface area contributed by atoms with E-state index in [1.807, 2.05) is 0 Å². The molecule has 0 saturated heterocycles. The van der Waals surface area contributed by atoms with Gasteiger partial charge in [0.25, 0.3) is 5.91 Å². The highest BCUT2D eigenvalue weighted by Gasteiger charge is 2.19. The molecule has 1 N–H and O–H groups in total. The number of carbonyl (C=O) groups excluding carboxylic acids is 2. The first kappa shape index (κ1) is 19.4. The van der Waals surface area contributed by atoms with E-state index in [1.54, 1.807) is 6.92 Å². The summed E-state index contributed by atoms with van der Waals surface area (Å²) in [6, 6.07) is 7.67. The van der Waals surface area contributed by atoms with E-state index >= 15 is 0 Å². The van der Waals surface area contributed by atoms with Crippen LogP contribution in [0.3, 0.4) is 0 Å². The summed E-state index contributed by atoms with van der Waals surface area (Å²) in [6.07, 6.45) is 0. The number of hydrogen-bond donors (Lipinski definition) is 1. The average Bonchev–Trinajstić information content (AvgIpc) is 2.58. The maximum absolute atomic E-state index is 14.1. The summed E-state index contributed by atoms with van der Waals surface area (Å²) >= 11 is 4.38. The Balaban J connectivity index is 2.24. The van der Waals surface area contributed by atoms with Crippen LogP contribution in [0.5, 0.6) is 0 Å². The van der Waals surface area contributed by atoms with E-state index in [0.29, 0.717) is 9.37 Å². The highest BCUT2D eigenvalue weighted by atomic mass is 79.9. The third-order valence-corrected chi connectivity index (χ3v) is 5.25. The normalized spacial score (nSPS) is 11.7. The highest BCUT2D eigenvalue weighted by molar-refractivity contribution is 9.10. The molecule has 1 amide bonds. The average molecular weight is 430 g/mol. The second-order valence-electron chi connectivity index (χ2n) is 5.01. The van der Waals surface area contributed by atoms with E-state index in [-0.39, 0.29) is 11.3 Å². The lowest BCUT2D eigenvalue weighted by Gasteiger charge is -2.13. The monoisotopic (exact) mass is 429 g/mol. The smallest absolute Gasteiger partial charge is 0.318 e. The van der Waals surface area contributed by atoms with Gasteiger partial charge in [0.15, 0.2) is 0 Å². The lowest BCUT2D eigenvalue weighted by molar-refractivity contribution is -0.139. The molecule has 2 aromatic rings. The van der Waals surface area contributed by atoms with Crippen molar-refractivity contribution in [2.75, 3.05) is 12.4 Å². The number of benzene rings is 2. The molecule has 0 bridgehead atoms. The van der Waals surface area contributed by atoms with E-state index in [0.717, 1.165) is 17.8 Å². The molecule has 25 heavy (non-hydrogen) atoms. The second kappa shape index (κ2) is 8.44. The van der Waals surface area contributed by atoms with Crippen LogP contribution in [0.2, 0.25) is 0 Å². The summed E-state index contributed by atoms with van der Waals surface area (Å²) in [7, 11) is 1.28. The van der Waals surface area contributed by atoms with Gasteiger partial charge >= 0.3 is 5.97 Å². The van der Waals surface area contributed by atoms with Gasteiger partial charge in [0.2, 0.25) is 0 Å². The largest absolute Gasteiger partial charge is 0.468 e. The van der Waals surface area contributed by atoms with Crippen molar-refractivity contribution in [1.82, 2.24) is 0 Å². The van der Waals surface area contributed by atoms with Crippen molar-refractivity contribution in [3.05, 3.63) is 58.1 Å². The van der Waals surface area contributed by atoms with Crippen LogP contribution in [0.15, 0.2) is 45.8 Å². The van der Waals surface area contributed by atoms with Gasteiger partial charge in [-0.05, 0) is 53.2 Å². The fraction of sp³-hybridized carbons (Fsp3) is 0.176. The van der Waals surface area contributed by atoms with Gasteiger partial charge in [-0.1, -0.05) is 6.07 Å². The van der Waals surface area contributed by atoms with Crippen molar-refractivity contribution in [2.24, 2.45) is 0 Å². The number of hydrogen-bond acceptors (Lipinski definition) is 4. The van der Waals surface area contributed by atoms with Crippen LogP contribution in [-0.2, 0) is 9.53 Å². The van der Waals surface area contributed by atoms with Crippen molar-refractivity contribution in [3.8, 4) is 0 Å². The molecule has 0 aromatic heterocycles. The predicted octanol–water partition coefficient (Wildman–Crippen LogP) is 4.63. The Morgan fingerprint density at radius 1 is 1.24 bits per heavy atom. The number of amides is 1. The standard InChI is InChI=1S/C17H14BrF2NO3S/c1-9(17(23)24-2)25-15-8-14(13(20)7-12(15)18)21-16(22)10-4-3-5-11(19)6-10/h3-9H,1-2H3,(H,21,22). The molecular weight excluding hydrogens is 416 g/mol. The first-order valence-corrected chi connectivity index (χ1v) is 8.79. The predicted molar refractivity (Wildman–Crippen MR) is 95.8 cm³/mol. The van der Waals surface area contributed by atoms with Gasteiger partial charge in [0.1, 0.15) is 16.9 Å². The zero-order valence-corrected chi connectivity index (χ0v) is 15.7. The zero-order chi connectivity index (χ0) is 18.6. The molecule has 1 unspecified atom stereocenters. The van der Waals surface area contributed by atoms with Gasteiger partial charge in [0.05, 0.1) is 12.8 Å². The van der Waals surface area contributed by atoms with Crippen LogP contribution < -0.4 is 5.32 Å². The maximum atomic E-state index is 14.1. The van der Waals surface area contributed by atoms with Crippen molar-refractivity contribution >= 4 is 45.3 Å². The fourth-order valence-corrected chi connectivity index (χ4v) is 3.47. The molecule has 2 aromatic carbocycles. The molecule has 0 radical (unpaired) electrons. The Bertz CT molecular complexity index is 816. The van der Waals surface area contributed by atoms with Crippen LogP contribution in [-0.4, -0.2) is 24.2 Å². The molecule has 0 aliphatic rings. The summed E-state index contributed by atoms with van der Waals surface area (Å²) in [5.41, 5.74) is -0.00326. The van der Waals surface area contributed by atoms with Gasteiger partial charge < -0.3 is 10.1 Å². The lowest BCUT2D eigenvalue weighted by Crippen LogP contribution is -2.15. The number of methoxy groups -OCH3 is 1. The first-order valence-electron chi connectivity index (χ1n) is 7.12. The van der Waals surface area contributed by atoms with E-state index in [9.17, 15) is 18.4 Å². The van der Waals surface area contributed by atoms with Crippen molar-refractivity contribution in [2.45, 2.75) is 17.1 Å². The van der Waals surface area contributed by atoms with E-state index in [2.05, 4.69) is 26.0 Å². The first-order chi connectivity index (χ1) is 11.8. The van der Waals surface area contributed by atoms with E-state index in [4.69, 9.17) is 0 Å². The Kier molecular flexibility index (Phi) is 6.55. The molecule has 2 rings (SSSR count). The number of anilines is 1. The number of nitrogens with one attached hydrogen (secondary N) is 1. The van der Waals surface area contributed by atoms with Crippen molar-refractivity contribution in [3.63, 3.8) is 0 Å². The molecule has 8 heteroatoms. The van der Waals surface area contributed by atoms with Crippen LogP contribution in [0.25, 0.3) is 0 Å². The van der Waals surface area contributed by atoms with Crippen molar-refractivity contribution in [1.29, 1.82) is 0 Å². The Labute approximate surface area is 156 Å². The van der Waals surface area contributed by atoms with Gasteiger partial charge in [-0.15, -0.1) is 11.8 Å². The minimum absolute atomic E-state index is 0.0689. The van der Waals surface area contributed by atoms with Crippen molar-refractivity contribution < 1.29 is 23.1 Å². The number of ether oxygens (including phenoxy) is 1. The molecule has 0 heterocycles. The third-order valence-electron chi connectivity index (χ3n) is 3.19. The third kappa shape index (κ3) is 5.02. The molecule has 1 atom stereocenters. The number of rotatable bonds is 5. The molecule has 132 valence electrons. The van der Waals surface area contributed by atoms with Gasteiger partial charge in [-0.25, -0.2) is 8.78 Å². The minimum Gasteiger partial charge on any atom is -0.468 e. The molecule has 0 fully saturated rings. The fourth-order valence-electron chi connectivity index (χ4n) is 1.94. The molecular formula is C17H14BrF2NO3S. The number of esters is 1. The van der Waals surface area contributed by atoms with Gasteiger partial charge in [-0.3, -0.25) is 9.59 Å². The summed E-state index contributed by atoms with van der Waals surface area (Å²) < 4.78 is 32.4. The van der Waals surface area contributed by atoms with Crippen LogP contribution in [0.1, 0.15) is 17.3 Å². The SMILES string of the molecule is COC(=O)C(C)Sc1cc(NC(=O)c2cccc(F)c2)c(F)cc1Br. The van der Waals surface area contributed by atoms with Gasteiger partial charge in [0, 0.05) is 14.9 Å². The topological polar surface area (TPSA) is 55.4 Å². The number of halogens is 3. The van der Waals surface area contributed by atoms with E-state index in [1.165, 1.54) is 37.4 Å². The summed E-state index contributed by atoms with van der Waals surface area (Å²) in [4.78, 5) is 24.2. The van der Waals surface area contributed by atoms with Crippen LogP contribution in [0, 0.1) is 11.6 Å². The number of carbonyl (C=O) groups is 2. The minimum atomic E-state index is -0.660. The summed E-state index contributed by atoms with van der Waals surface area (Å²) in [5, 5.41) is 1.89. The van der Waals surface area contributed by atoms with Crippen LogP contribution >= 0.6 is 27.7 Å². The van der Waals surface area contributed by atoms with Crippen LogP contribution in [0.4, 0.5) is 14.5 Å². The Hall–Kier alpha value is -1.93. The molecule has 0 saturated carbocycles. The molecule has 0 aliphatic carbocycles. The number of thioether (sulfide) groups is 1. The second-order valence-corrected chi connectivity index (χ2v) is 7.25. The summed E-state index contributed by atoms with van der Waals surface area (Å²) in [6.45, 7) is 1.65. The highest BCUT2D eigenvalue weighted by Crippen LogP contribution is 2.35. The quantitative estimate of drug-likeness (QED) is 0.555. The molecule has 0 aliphatic heterocycles. The van der Waals surface area contributed by atoms with E-state index < -0.39 is 28.8 Å². The Morgan fingerprint density at radius 2 is 1.96 bits per heavy atom. The lowest BCUT2D eigenvalue weighted by atomic mass is 10.2. The molecule has 0 spiro atoms. The summed E-state index contributed by atoms with van der Waals surface area (Å²) in [5.74, 6) is -2.29.